The summed E-state index contributed by atoms with van der Waals surface area (Å²) in [4.78, 5) is 47.5. The number of nitrogens with one attached hydrogen (secondary N) is 2. The minimum absolute atomic E-state index is 0.0471. The number of esters is 1. The Morgan fingerprint density at radius 2 is 1.54 bits per heavy atom. The first kappa shape index (κ1) is 18.9. The molecular formula is C19H18N2O5. The number of imide groups is 1. The molecule has 2 N–H and O–H groups in total. The van der Waals surface area contributed by atoms with Crippen molar-refractivity contribution in [2.45, 2.75) is 6.92 Å². The molecule has 2 rings (SSSR count). The number of hydrogen-bond acceptors (Lipinski definition) is 5. The van der Waals surface area contributed by atoms with E-state index in [9.17, 15) is 19.2 Å². The van der Waals surface area contributed by atoms with E-state index in [0.717, 1.165) is 5.56 Å². The summed E-state index contributed by atoms with van der Waals surface area (Å²) in [7, 11) is 1.35. The lowest BCUT2D eigenvalue weighted by Gasteiger charge is -2.09. The van der Waals surface area contributed by atoms with Gasteiger partial charge in [-0.2, -0.15) is 0 Å². The maximum absolute atomic E-state index is 12.7. The van der Waals surface area contributed by atoms with E-state index in [1.807, 2.05) is 12.2 Å². The summed E-state index contributed by atoms with van der Waals surface area (Å²) in [6.45, 7) is 1.27. The Hall–Kier alpha value is -3.48. The average Bonchev–Trinajstić information content (AvgIpc) is 2.66. The van der Waals surface area contributed by atoms with Crippen LogP contribution in [0.5, 0.6) is 0 Å². The second-order valence-electron chi connectivity index (χ2n) is 5.44. The van der Waals surface area contributed by atoms with E-state index >= 15 is 0 Å². The van der Waals surface area contributed by atoms with Gasteiger partial charge in [0.1, 0.15) is 0 Å². The van der Waals surface area contributed by atoms with Crippen molar-refractivity contribution < 1.29 is 23.9 Å². The van der Waals surface area contributed by atoms with E-state index in [2.05, 4.69) is 5.32 Å². The zero-order chi connectivity index (χ0) is 19.1. The summed E-state index contributed by atoms with van der Waals surface area (Å²) in [5.74, 6) is -1.93. The Kier molecular flexibility index (Phi) is 6.21. The standard InChI is InChI=1S/C19H18N2O5/c1-12-7-9-13(10-8-12)17(23)14-5-3-4-6-15(14)18(24)26-11-16(22)21-19(25)20-2/h3-10H,11H2,1-2H3,(H2,20,21,22,25). The van der Waals surface area contributed by atoms with E-state index < -0.39 is 24.5 Å². The molecule has 0 saturated heterocycles. The van der Waals surface area contributed by atoms with Crippen LogP contribution in [0.2, 0.25) is 0 Å². The first-order chi connectivity index (χ1) is 12.4. The largest absolute Gasteiger partial charge is 0.452 e. The van der Waals surface area contributed by atoms with Gasteiger partial charge in [-0.05, 0) is 13.0 Å². The van der Waals surface area contributed by atoms with Crippen LogP contribution in [-0.4, -0.2) is 37.3 Å². The highest BCUT2D eigenvalue weighted by Gasteiger charge is 2.20. The lowest BCUT2D eigenvalue weighted by molar-refractivity contribution is -0.123. The zero-order valence-corrected chi connectivity index (χ0v) is 14.4. The number of benzene rings is 2. The van der Waals surface area contributed by atoms with Crippen molar-refractivity contribution in [3.05, 3.63) is 70.8 Å². The number of urea groups is 1. The monoisotopic (exact) mass is 354 g/mol. The van der Waals surface area contributed by atoms with Crippen LogP contribution in [-0.2, 0) is 9.53 Å². The summed E-state index contributed by atoms with van der Waals surface area (Å²) in [5.41, 5.74) is 1.67. The van der Waals surface area contributed by atoms with Crippen molar-refractivity contribution in [2.75, 3.05) is 13.7 Å². The summed E-state index contributed by atoms with van der Waals surface area (Å²) in [6, 6.07) is 12.4. The fraction of sp³-hybridized carbons (Fsp3) is 0.158. The second kappa shape index (κ2) is 8.57. The van der Waals surface area contributed by atoms with E-state index in [0.29, 0.717) is 5.56 Å². The molecule has 0 aliphatic rings. The van der Waals surface area contributed by atoms with Gasteiger partial charge in [0, 0.05) is 18.2 Å². The van der Waals surface area contributed by atoms with Gasteiger partial charge in [-0.3, -0.25) is 14.9 Å². The molecule has 2 aromatic carbocycles. The molecule has 0 aromatic heterocycles. The molecule has 0 unspecified atom stereocenters. The lowest BCUT2D eigenvalue weighted by atomic mass is 9.98. The van der Waals surface area contributed by atoms with Crippen molar-refractivity contribution >= 4 is 23.7 Å². The van der Waals surface area contributed by atoms with Gasteiger partial charge < -0.3 is 10.1 Å². The molecule has 0 saturated carbocycles. The topological polar surface area (TPSA) is 102 Å². The molecule has 26 heavy (non-hydrogen) atoms. The van der Waals surface area contributed by atoms with Crippen molar-refractivity contribution in [1.29, 1.82) is 0 Å². The van der Waals surface area contributed by atoms with E-state index in [-0.39, 0.29) is 16.9 Å². The predicted octanol–water partition coefficient (Wildman–Crippen LogP) is 1.84. The quantitative estimate of drug-likeness (QED) is 0.630. The van der Waals surface area contributed by atoms with Crippen molar-refractivity contribution in [3.8, 4) is 0 Å². The van der Waals surface area contributed by atoms with Crippen molar-refractivity contribution in [3.63, 3.8) is 0 Å². The first-order valence-electron chi connectivity index (χ1n) is 7.81. The SMILES string of the molecule is CNC(=O)NC(=O)COC(=O)c1ccccc1C(=O)c1ccc(C)cc1. The highest BCUT2D eigenvalue weighted by molar-refractivity contribution is 6.14. The molecule has 3 amide bonds. The van der Waals surface area contributed by atoms with Crippen LogP contribution in [0.3, 0.4) is 0 Å². The Morgan fingerprint density at radius 3 is 2.15 bits per heavy atom. The molecule has 0 heterocycles. The van der Waals surface area contributed by atoms with Crippen LogP contribution < -0.4 is 10.6 Å². The molecule has 7 heteroatoms. The third kappa shape index (κ3) is 4.76. The fourth-order valence-corrected chi connectivity index (χ4v) is 2.15. The molecule has 7 nitrogen and oxygen atoms in total. The average molecular weight is 354 g/mol. The minimum atomic E-state index is -0.826. The van der Waals surface area contributed by atoms with Gasteiger partial charge in [0.2, 0.25) is 0 Å². The van der Waals surface area contributed by atoms with Crippen LogP contribution in [0, 0.1) is 6.92 Å². The van der Waals surface area contributed by atoms with E-state index in [4.69, 9.17) is 4.74 Å². The predicted molar refractivity (Wildman–Crippen MR) is 93.9 cm³/mol. The Labute approximate surface area is 150 Å². The number of ketones is 1. The van der Waals surface area contributed by atoms with Crippen LogP contribution >= 0.6 is 0 Å². The summed E-state index contributed by atoms with van der Waals surface area (Å²) < 4.78 is 4.90. The van der Waals surface area contributed by atoms with Crippen LogP contribution in [0.25, 0.3) is 0 Å². The number of ether oxygens (including phenoxy) is 1. The second-order valence-corrected chi connectivity index (χ2v) is 5.44. The van der Waals surface area contributed by atoms with Gasteiger partial charge in [0.25, 0.3) is 5.91 Å². The van der Waals surface area contributed by atoms with Crippen LogP contribution in [0.1, 0.15) is 31.8 Å². The summed E-state index contributed by atoms with van der Waals surface area (Å²) >= 11 is 0. The Bertz CT molecular complexity index is 843. The molecule has 2 aromatic rings. The molecule has 0 radical (unpaired) electrons. The number of carbonyl (C=O) groups excluding carboxylic acids is 4. The van der Waals surface area contributed by atoms with Gasteiger partial charge in [0.15, 0.2) is 12.4 Å². The maximum Gasteiger partial charge on any atom is 0.339 e. The Balaban J connectivity index is 2.14. The van der Waals surface area contributed by atoms with Gasteiger partial charge in [-0.25, -0.2) is 9.59 Å². The highest BCUT2D eigenvalue weighted by atomic mass is 16.5. The number of aryl methyl sites for hydroxylation is 1. The van der Waals surface area contributed by atoms with Crippen molar-refractivity contribution in [2.24, 2.45) is 0 Å². The van der Waals surface area contributed by atoms with Crippen molar-refractivity contribution in [1.82, 2.24) is 10.6 Å². The molecule has 0 atom stereocenters. The lowest BCUT2D eigenvalue weighted by Crippen LogP contribution is -2.39. The normalized spacial score (nSPS) is 9.92. The maximum atomic E-state index is 12.7. The van der Waals surface area contributed by atoms with E-state index in [1.165, 1.54) is 19.2 Å². The van der Waals surface area contributed by atoms with Crippen LogP contribution in [0.4, 0.5) is 4.79 Å². The van der Waals surface area contributed by atoms with E-state index in [1.54, 1.807) is 36.4 Å². The molecule has 0 bridgehead atoms. The smallest absolute Gasteiger partial charge is 0.339 e. The highest BCUT2D eigenvalue weighted by Crippen LogP contribution is 2.16. The summed E-state index contributed by atoms with van der Waals surface area (Å²) in [5, 5.41) is 4.18. The summed E-state index contributed by atoms with van der Waals surface area (Å²) in [6.07, 6.45) is 0. The molecule has 134 valence electrons. The molecular weight excluding hydrogens is 336 g/mol. The molecule has 0 aliphatic heterocycles. The Morgan fingerprint density at radius 1 is 0.923 bits per heavy atom. The first-order valence-corrected chi connectivity index (χ1v) is 7.81. The number of rotatable bonds is 5. The van der Waals surface area contributed by atoms with Gasteiger partial charge >= 0.3 is 12.0 Å². The number of carbonyl (C=O) groups is 4. The molecule has 0 spiro atoms. The molecule has 0 aliphatic carbocycles. The fourth-order valence-electron chi connectivity index (χ4n) is 2.15. The van der Waals surface area contributed by atoms with Gasteiger partial charge in [-0.15, -0.1) is 0 Å². The minimum Gasteiger partial charge on any atom is -0.452 e. The third-order valence-corrected chi connectivity index (χ3v) is 3.52. The molecule has 0 fully saturated rings. The third-order valence-electron chi connectivity index (χ3n) is 3.52. The van der Waals surface area contributed by atoms with Gasteiger partial charge in [-0.1, -0.05) is 48.0 Å². The zero-order valence-electron chi connectivity index (χ0n) is 14.4. The number of hydrogen-bond donors (Lipinski definition) is 2. The van der Waals surface area contributed by atoms with Gasteiger partial charge in [0.05, 0.1) is 5.56 Å². The van der Waals surface area contributed by atoms with Crippen LogP contribution in [0.15, 0.2) is 48.5 Å². The number of amides is 3.